The molecule has 1 aromatic carbocycles. The van der Waals surface area contributed by atoms with E-state index in [1.807, 2.05) is 6.92 Å². The number of methoxy groups -OCH3 is 2. The van der Waals surface area contributed by atoms with Crippen molar-refractivity contribution in [1.82, 2.24) is 4.57 Å². The summed E-state index contributed by atoms with van der Waals surface area (Å²) in [6, 6.07) is 6.85. The van der Waals surface area contributed by atoms with Gasteiger partial charge in [0.15, 0.2) is 4.80 Å². The summed E-state index contributed by atoms with van der Waals surface area (Å²) in [6.45, 7) is 3.81. The molecule has 0 saturated heterocycles. The number of rotatable bonds is 9. The van der Waals surface area contributed by atoms with Crippen molar-refractivity contribution in [2.24, 2.45) is 4.99 Å². The van der Waals surface area contributed by atoms with Crippen molar-refractivity contribution < 1.29 is 28.3 Å². The molecule has 0 unspecified atom stereocenters. The maximum atomic E-state index is 13.7. The molecule has 3 heterocycles. The highest BCUT2D eigenvalue weighted by atomic mass is 32.1. The first-order valence-corrected chi connectivity index (χ1v) is 12.3. The van der Waals surface area contributed by atoms with Crippen LogP contribution in [0.4, 0.5) is 5.88 Å². The van der Waals surface area contributed by atoms with Gasteiger partial charge >= 0.3 is 11.9 Å². The summed E-state index contributed by atoms with van der Waals surface area (Å²) in [5.74, 6) is 0.0823. The highest BCUT2D eigenvalue weighted by Crippen LogP contribution is 2.38. The Labute approximate surface area is 215 Å². The Balaban J connectivity index is 2.03. The van der Waals surface area contributed by atoms with Crippen LogP contribution in [-0.2, 0) is 9.53 Å². The monoisotopic (exact) mass is 527 g/mol. The van der Waals surface area contributed by atoms with Gasteiger partial charge in [-0.25, -0.2) is 9.79 Å². The molecule has 37 heavy (non-hydrogen) atoms. The van der Waals surface area contributed by atoms with E-state index in [9.17, 15) is 19.7 Å². The van der Waals surface area contributed by atoms with Crippen LogP contribution in [0.2, 0.25) is 0 Å². The summed E-state index contributed by atoms with van der Waals surface area (Å²) >= 11 is 1.09. The molecule has 1 aliphatic rings. The molecule has 0 saturated carbocycles. The number of benzene rings is 1. The zero-order chi connectivity index (χ0) is 26.7. The van der Waals surface area contributed by atoms with Gasteiger partial charge in [-0.1, -0.05) is 24.7 Å². The van der Waals surface area contributed by atoms with Gasteiger partial charge in [0.2, 0.25) is 0 Å². The van der Waals surface area contributed by atoms with Crippen molar-refractivity contribution in [1.29, 1.82) is 0 Å². The number of thiazole rings is 1. The number of esters is 1. The number of carbonyl (C=O) groups is 1. The van der Waals surface area contributed by atoms with Gasteiger partial charge < -0.3 is 18.6 Å². The van der Waals surface area contributed by atoms with Crippen molar-refractivity contribution in [3.8, 4) is 11.5 Å². The van der Waals surface area contributed by atoms with E-state index in [1.54, 1.807) is 25.1 Å². The summed E-state index contributed by atoms with van der Waals surface area (Å²) in [6.07, 6.45) is 2.60. The van der Waals surface area contributed by atoms with Crippen LogP contribution in [0, 0.1) is 10.1 Å². The molecule has 0 aliphatic carbocycles. The lowest BCUT2D eigenvalue weighted by Gasteiger charge is -2.27. The molecular formula is C25H25N3O8S. The Kier molecular flexibility index (Phi) is 7.58. The number of furan rings is 1. The van der Waals surface area contributed by atoms with Gasteiger partial charge in [0.1, 0.15) is 28.2 Å². The number of allylic oxidation sites excluding steroid dienone is 1. The summed E-state index contributed by atoms with van der Waals surface area (Å²) in [4.78, 5) is 42.4. The predicted molar refractivity (Wildman–Crippen MR) is 135 cm³/mol. The first-order valence-electron chi connectivity index (χ1n) is 11.5. The number of hydrogen-bond donors (Lipinski definition) is 0. The van der Waals surface area contributed by atoms with Crippen molar-refractivity contribution in [3.63, 3.8) is 0 Å². The van der Waals surface area contributed by atoms with Crippen molar-refractivity contribution in [2.75, 3.05) is 20.8 Å². The molecule has 11 nitrogen and oxygen atoms in total. The first-order chi connectivity index (χ1) is 17.8. The maximum Gasteiger partial charge on any atom is 0.433 e. The minimum atomic E-state index is -0.907. The number of nitro groups is 1. The first kappa shape index (κ1) is 25.9. The van der Waals surface area contributed by atoms with Crippen LogP contribution in [0.1, 0.15) is 44.1 Å². The molecular weight excluding hydrogens is 502 g/mol. The van der Waals surface area contributed by atoms with Gasteiger partial charge in [-0.3, -0.25) is 19.5 Å². The number of carbonyl (C=O) groups excluding carboxylic acids is 1. The highest BCUT2D eigenvalue weighted by molar-refractivity contribution is 7.07. The van der Waals surface area contributed by atoms with E-state index in [0.717, 1.165) is 11.3 Å². The van der Waals surface area contributed by atoms with Gasteiger partial charge in [-0.05, 0) is 37.6 Å². The quantitative estimate of drug-likeness (QED) is 0.235. The molecule has 1 aliphatic heterocycles. The Morgan fingerprint density at radius 3 is 2.65 bits per heavy atom. The number of aromatic nitrogens is 1. The molecule has 0 radical (unpaired) electrons. The van der Waals surface area contributed by atoms with E-state index in [0.29, 0.717) is 40.4 Å². The molecule has 0 N–H and O–H groups in total. The van der Waals surface area contributed by atoms with Gasteiger partial charge in [0.05, 0.1) is 42.7 Å². The maximum absolute atomic E-state index is 13.7. The molecule has 0 spiro atoms. The van der Waals surface area contributed by atoms with Crippen molar-refractivity contribution in [2.45, 2.75) is 32.7 Å². The third-order valence-corrected chi connectivity index (χ3v) is 6.67. The fourth-order valence-corrected chi connectivity index (χ4v) is 5.12. The second-order valence-electron chi connectivity index (χ2n) is 7.95. The SMILES string of the molecule is CCCC1=C(C(=O)OCC)[C@@H](c2cc(OC)ccc2OC)n2c(s/c(=C\c3ccc([N+](=O)[O-])o3)c2=O)=N1. The zero-order valence-electron chi connectivity index (χ0n) is 20.7. The normalized spacial score (nSPS) is 15.2. The number of fused-ring (bicyclic) bond motifs is 1. The minimum absolute atomic E-state index is 0.144. The number of nitrogens with zero attached hydrogens (tertiary/aromatic N) is 3. The van der Waals surface area contributed by atoms with E-state index in [1.165, 1.54) is 37.0 Å². The summed E-state index contributed by atoms with van der Waals surface area (Å²) in [5, 5.41) is 11.0. The lowest BCUT2D eigenvalue weighted by atomic mass is 9.93. The molecule has 4 rings (SSSR count). The molecule has 2 aromatic heterocycles. The van der Waals surface area contributed by atoms with E-state index >= 15 is 0 Å². The molecule has 0 fully saturated rings. The summed E-state index contributed by atoms with van der Waals surface area (Å²) < 4.78 is 23.3. The van der Waals surface area contributed by atoms with Crippen molar-refractivity contribution in [3.05, 3.63) is 82.7 Å². The largest absolute Gasteiger partial charge is 0.497 e. The van der Waals surface area contributed by atoms with Gasteiger partial charge in [0.25, 0.3) is 5.56 Å². The third-order valence-electron chi connectivity index (χ3n) is 5.69. The lowest BCUT2D eigenvalue weighted by molar-refractivity contribution is -0.402. The Morgan fingerprint density at radius 2 is 2.03 bits per heavy atom. The molecule has 1 atom stereocenters. The molecule has 12 heteroatoms. The van der Waals surface area contributed by atoms with Crippen LogP contribution in [0.5, 0.6) is 11.5 Å². The van der Waals surface area contributed by atoms with Crippen LogP contribution >= 0.6 is 11.3 Å². The van der Waals surface area contributed by atoms with E-state index in [2.05, 4.69) is 4.99 Å². The Morgan fingerprint density at radius 1 is 1.24 bits per heavy atom. The molecule has 194 valence electrons. The highest BCUT2D eigenvalue weighted by Gasteiger charge is 2.36. The zero-order valence-corrected chi connectivity index (χ0v) is 21.5. The van der Waals surface area contributed by atoms with E-state index < -0.39 is 28.4 Å². The second-order valence-corrected chi connectivity index (χ2v) is 8.96. The van der Waals surface area contributed by atoms with Crippen LogP contribution in [-0.4, -0.2) is 36.3 Å². The fourth-order valence-electron chi connectivity index (χ4n) is 4.12. The van der Waals surface area contributed by atoms with E-state index in [4.69, 9.17) is 18.6 Å². The molecule has 3 aromatic rings. The van der Waals surface area contributed by atoms with Crippen LogP contribution < -0.4 is 24.4 Å². The van der Waals surface area contributed by atoms with Crippen LogP contribution in [0.25, 0.3) is 6.08 Å². The predicted octanol–water partition coefficient (Wildman–Crippen LogP) is 3.10. The minimum Gasteiger partial charge on any atom is -0.497 e. The Bertz CT molecular complexity index is 1560. The average Bonchev–Trinajstić information content (AvgIpc) is 3.48. The number of ether oxygens (including phenoxy) is 3. The van der Waals surface area contributed by atoms with Crippen LogP contribution in [0.15, 0.2) is 55.8 Å². The van der Waals surface area contributed by atoms with Crippen molar-refractivity contribution >= 4 is 29.3 Å². The lowest BCUT2D eigenvalue weighted by Crippen LogP contribution is -2.40. The fraction of sp³-hybridized carbons (Fsp3) is 0.320. The average molecular weight is 528 g/mol. The van der Waals surface area contributed by atoms with E-state index in [-0.39, 0.29) is 22.5 Å². The van der Waals surface area contributed by atoms with Crippen LogP contribution in [0.3, 0.4) is 0 Å². The summed E-state index contributed by atoms with van der Waals surface area (Å²) in [7, 11) is 3.02. The topological polar surface area (TPSA) is 135 Å². The molecule has 0 bridgehead atoms. The second kappa shape index (κ2) is 10.8. The third kappa shape index (κ3) is 4.92. The number of hydrogen-bond acceptors (Lipinski definition) is 10. The van der Waals surface area contributed by atoms with Gasteiger partial charge in [-0.2, -0.15) is 0 Å². The van der Waals surface area contributed by atoms with Gasteiger partial charge in [0, 0.05) is 11.6 Å². The molecule has 0 amide bonds. The Hall–Kier alpha value is -4.19. The smallest absolute Gasteiger partial charge is 0.433 e. The van der Waals surface area contributed by atoms with Gasteiger partial charge in [-0.15, -0.1) is 0 Å². The summed E-state index contributed by atoms with van der Waals surface area (Å²) in [5.41, 5.74) is 0.824. The standard InChI is InChI=1S/C25H25N3O8S/c1-5-7-17-21(24(30)35-6-2)22(16-12-14(33-3)8-10-18(16)34-4)27-23(29)19(37-25(27)26-17)13-15-9-11-20(36-15)28(31)32/h8-13,22H,5-7H2,1-4H3/b19-13-/t22-/m1/s1.